The van der Waals surface area contributed by atoms with Gasteiger partial charge in [-0.1, -0.05) is 12.1 Å². The Morgan fingerprint density at radius 1 is 1.25 bits per heavy atom. The minimum absolute atomic E-state index is 0.212. The molecule has 24 heavy (non-hydrogen) atoms. The van der Waals surface area contributed by atoms with Crippen molar-refractivity contribution < 1.29 is 18.3 Å². The number of halogens is 1. The van der Waals surface area contributed by atoms with Gasteiger partial charge in [-0.3, -0.25) is 14.3 Å². The summed E-state index contributed by atoms with van der Waals surface area (Å²) in [6.07, 6.45) is -0.434. The van der Waals surface area contributed by atoms with E-state index in [-0.39, 0.29) is 5.56 Å². The first kappa shape index (κ1) is 16.2. The van der Waals surface area contributed by atoms with Gasteiger partial charge in [-0.05, 0) is 25.7 Å². The maximum Gasteiger partial charge on any atom is 0.344 e. The molecule has 0 fully saturated rings. The molecule has 1 aliphatic rings. The van der Waals surface area contributed by atoms with Gasteiger partial charge in [0, 0.05) is 5.56 Å². The molecule has 1 atom stereocenters. The number of carbonyl (C=O) groups is 1. The molecular weight excluding hydrogens is 335 g/mol. The number of cyclic esters (lactones) is 1. The molecule has 0 amide bonds. The molecule has 1 N–H and O–H groups in total. The second kappa shape index (κ2) is 5.44. The zero-order chi connectivity index (χ0) is 17.6. The number of aromatic nitrogens is 2. The lowest BCUT2D eigenvalue weighted by Gasteiger charge is -2.20. The standard InChI is InChI=1S/C15H15FN2O5Si/c1-24(2,3)23-10-6-4-5-8-11(10)14(20)22-13(8)18-7-9(16)12(19)17-15(18)21/h4-7,13H,1-3H3,(H,17,19,21). The van der Waals surface area contributed by atoms with Gasteiger partial charge >= 0.3 is 11.7 Å². The molecule has 0 radical (unpaired) electrons. The molecule has 1 aromatic carbocycles. The van der Waals surface area contributed by atoms with E-state index in [4.69, 9.17) is 9.16 Å². The molecule has 0 saturated heterocycles. The van der Waals surface area contributed by atoms with Crippen LogP contribution < -0.4 is 15.7 Å². The molecule has 2 heterocycles. The minimum Gasteiger partial charge on any atom is -0.544 e. The number of nitrogens with one attached hydrogen (secondary N) is 1. The van der Waals surface area contributed by atoms with E-state index in [2.05, 4.69) is 0 Å². The summed E-state index contributed by atoms with van der Waals surface area (Å²) in [7, 11) is -1.98. The van der Waals surface area contributed by atoms with Gasteiger partial charge in [0.25, 0.3) is 5.56 Å². The molecule has 0 aliphatic carbocycles. The van der Waals surface area contributed by atoms with Gasteiger partial charge in [0.2, 0.25) is 20.4 Å². The third-order valence-electron chi connectivity index (χ3n) is 3.34. The summed E-state index contributed by atoms with van der Waals surface area (Å²) in [6, 6.07) is 4.91. The summed E-state index contributed by atoms with van der Waals surface area (Å²) in [4.78, 5) is 37.2. The van der Waals surface area contributed by atoms with E-state index in [1.54, 1.807) is 18.2 Å². The van der Waals surface area contributed by atoms with Crippen molar-refractivity contribution in [3.8, 4) is 5.75 Å². The van der Waals surface area contributed by atoms with Crippen LogP contribution in [0.25, 0.3) is 0 Å². The molecule has 7 nitrogen and oxygen atoms in total. The Hall–Kier alpha value is -2.68. The SMILES string of the molecule is C[Si](C)(C)Oc1cccc2c1C(=O)OC2n1cc(F)c(=O)[nH]c1=O. The van der Waals surface area contributed by atoms with Gasteiger partial charge in [0.1, 0.15) is 11.3 Å². The summed E-state index contributed by atoms with van der Waals surface area (Å²) in [5.41, 5.74) is -1.41. The van der Waals surface area contributed by atoms with Crippen molar-refractivity contribution in [2.75, 3.05) is 0 Å². The zero-order valence-corrected chi connectivity index (χ0v) is 14.3. The summed E-state index contributed by atoms with van der Waals surface area (Å²) in [5, 5.41) is 0. The first-order valence-electron chi connectivity index (χ1n) is 7.21. The van der Waals surface area contributed by atoms with Gasteiger partial charge in [-0.2, -0.15) is 4.39 Å². The van der Waals surface area contributed by atoms with Crippen LogP contribution in [0.15, 0.2) is 34.0 Å². The number of ether oxygens (including phenoxy) is 1. The smallest absolute Gasteiger partial charge is 0.344 e. The Bertz CT molecular complexity index is 944. The van der Waals surface area contributed by atoms with Gasteiger partial charge in [-0.15, -0.1) is 0 Å². The van der Waals surface area contributed by atoms with Gasteiger partial charge < -0.3 is 9.16 Å². The summed E-state index contributed by atoms with van der Waals surface area (Å²) < 4.78 is 25.5. The highest BCUT2D eigenvalue weighted by atomic mass is 28.4. The number of aromatic amines is 1. The van der Waals surface area contributed by atoms with Crippen LogP contribution in [0, 0.1) is 5.82 Å². The van der Waals surface area contributed by atoms with Crippen LogP contribution in [-0.2, 0) is 4.74 Å². The molecule has 1 aliphatic heterocycles. The lowest BCUT2D eigenvalue weighted by atomic mass is 10.1. The number of fused-ring (bicyclic) bond motifs is 1. The van der Waals surface area contributed by atoms with Gasteiger partial charge in [0.15, 0.2) is 0 Å². The highest BCUT2D eigenvalue weighted by Gasteiger charge is 2.37. The van der Waals surface area contributed by atoms with E-state index >= 15 is 0 Å². The quantitative estimate of drug-likeness (QED) is 0.671. The Balaban J connectivity index is 2.14. The molecule has 0 saturated carbocycles. The van der Waals surface area contributed by atoms with Gasteiger partial charge in [0.05, 0.1) is 6.20 Å². The average molecular weight is 350 g/mol. The van der Waals surface area contributed by atoms with Crippen molar-refractivity contribution >= 4 is 14.3 Å². The third-order valence-corrected chi connectivity index (χ3v) is 4.17. The fourth-order valence-corrected chi connectivity index (χ4v) is 3.28. The molecule has 1 unspecified atom stereocenters. The van der Waals surface area contributed by atoms with Crippen molar-refractivity contribution in [2.24, 2.45) is 0 Å². The van der Waals surface area contributed by atoms with Crippen molar-refractivity contribution in [3.63, 3.8) is 0 Å². The van der Waals surface area contributed by atoms with Crippen LogP contribution >= 0.6 is 0 Å². The fourth-order valence-electron chi connectivity index (χ4n) is 2.45. The number of nitrogens with zero attached hydrogens (tertiary/aromatic N) is 1. The fraction of sp³-hybridized carbons (Fsp3) is 0.267. The van der Waals surface area contributed by atoms with Crippen LogP contribution in [0.1, 0.15) is 22.1 Å². The molecule has 0 bridgehead atoms. The number of hydrogen-bond acceptors (Lipinski definition) is 5. The van der Waals surface area contributed by atoms with Crippen LogP contribution in [0.2, 0.25) is 19.6 Å². The summed E-state index contributed by atoms with van der Waals surface area (Å²) >= 11 is 0. The first-order chi connectivity index (χ1) is 11.2. The average Bonchev–Trinajstić information content (AvgIpc) is 2.79. The van der Waals surface area contributed by atoms with Crippen molar-refractivity contribution in [2.45, 2.75) is 25.9 Å². The number of rotatable bonds is 3. The maximum atomic E-state index is 13.5. The van der Waals surface area contributed by atoms with Gasteiger partial charge in [-0.25, -0.2) is 9.59 Å². The minimum atomic E-state index is -1.98. The predicted molar refractivity (Wildman–Crippen MR) is 85.3 cm³/mol. The molecule has 126 valence electrons. The highest BCUT2D eigenvalue weighted by Crippen LogP contribution is 2.37. The van der Waals surface area contributed by atoms with Crippen molar-refractivity contribution in [1.29, 1.82) is 0 Å². The molecular formula is C15H15FN2O5Si. The summed E-state index contributed by atoms with van der Waals surface area (Å²) in [5.74, 6) is -1.44. The normalized spacial score (nSPS) is 16.7. The second-order valence-electron chi connectivity index (χ2n) is 6.34. The highest BCUT2D eigenvalue weighted by molar-refractivity contribution is 6.70. The Morgan fingerprint density at radius 3 is 2.62 bits per heavy atom. The summed E-state index contributed by atoms with van der Waals surface area (Å²) in [6.45, 7) is 5.89. The van der Waals surface area contributed by atoms with E-state index in [1.807, 2.05) is 24.6 Å². The topological polar surface area (TPSA) is 90.4 Å². The zero-order valence-electron chi connectivity index (χ0n) is 13.3. The number of carbonyl (C=O) groups excluding carboxylic acids is 1. The van der Waals surface area contributed by atoms with E-state index in [0.717, 1.165) is 10.8 Å². The number of esters is 1. The molecule has 3 rings (SSSR count). The Labute approximate surface area is 136 Å². The third kappa shape index (κ3) is 2.78. The Kier molecular flexibility index (Phi) is 3.67. The Morgan fingerprint density at radius 2 is 1.96 bits per heavy atom. The van der Waals surface area contributed by atoms with E-state index < -0.39 is 37.6 Å². The van der Waals surface area contributed by atoms with Crippen LogP contribution in [0.4, 0.5) is 4.39 Å². The van der Waals surface area contributed by atoms with Crippen molar-refractivity contribution in [1.82, 2.24) is 9.55 Å². The monoisotopic (exact) mass is 350 g/mol. The van der Waals surface area contributed by atoms with E-state index in [9.17, 15) is 18.8 Å². The lowest BCUT2D eigenvalue weighted by Crippen LogP contribution is -2.34. The predicted octanol–water partition coefficient (Wildman–Crippen LogP) is 1.61. The van der Waals surface area contributed by atoms with Crippen LogP contribution in [-0.4, -0.2) is 23.8 Å². The van der Waals surface area contributed by atoms with E-state index in [1.165, 1.54) is 0 Å². The largest absolute Gasteiger partial charge is 0.544 e. The lowest BCUT2D eigenvalue weighted by molar-refractivity contribution is 0.0306. The second-order valence-corrected chi connectivity index (χ2v) is 10.8. The van der Waals surface area contributed by atoms with Crippen LogP contribution in [0.3, 0.4) is 0 Å². The molecule has 0 spiro atoms. The molecule has 9 heteroatoms. The number of H-pyrrole nitrogens is 1. The first-order valence-corrected chi connectivity index (χ1v) is 10.6. The number of hydrogen-bond donors (Lipinski definition) is 1. The van der Waals surface area contributed by atoms with Crippen LogP contribution in [0.5, 0.6) is 5.75 Å². The number of benzene rings is 1. The maximum absolute atomic E-state index is 13.5. The molecule has 2 aromatic rings. The van der Waals surface area contributed by atoms with E-state index in [0.29, 0.717) is 11.3 Å². The molecule has 1 aromatic heterocycles. The van der Waals surface area contributed by atoms with Crippen molar-refractivity contribution in [3.05, 3.63) is 62.2 Å².